The van der Waals surface area contributed by atoms with Crippen molar-refractivity contribution < 1.29 is 24.2 Å². The zero-order valence-corrected chi connectivity index (χ0v) is 23.9. The van der Waals surface area contributed by atoms with Crippen molar-refractivity contribution in [1.29, 1.82) is 5.26 Å². The van der Waals surface area contributed by atoms with Crippen molar-refractivity contribution in [1.82, 2.24) is 15.5 Å². The first-order valence-electron chi connectivity index (χ1n) is 13.8. The molecule has 1 saturated carbocycles. The third-order valence-corrected chi connectivity index (χ3v) is 6.81. The molecule has 0 bridgehead atoms. The molecular formula is C32H38N4O5. The Morgan fingerprint density at radius 2 is 1.76 bits per heavy atom. The van der Waals surface area contributed by atoms with Gasteiger partial charge in [0.15, 0.2) is 0 Å². The van der Waals surface area contributed by atoms with Gasteiger partial charge in [-0.05, 0) is 62.9 Å². The Balaban J connectivity index is 2.04. The zero-order chi connectivity index (χ0) is 30.0. The second kappa shape index (κ2) is 14.2. The summed E-state index contributed by atoms with van der Waals surface area (Å²) in [5.41, 5.74) is 0.646. The number of hydrogen-bond donors (Lipinski definition) is 3. The van der Waals surface area contributed by atoms with Crippen molar-refractivity contribution in [3.05, 3.63) is 65.2 Å². The third kappa shape index (κ3) is 9.01. The topological polar surface area (TPSA) is 132 Å². The number of phenolic OH excluding ortho intramolecular Hbond substituents is 1. The molecule has 0 aromatic heterocycles. The Kier molecular flexibility index (Phi) is 10.8. The van der Waals surface area contributed by atoms with Gasteiger partial charge in [0.25, 0.3) is 0 Å². The molecule has 41 heavy (non-hydrogen) atoms. The minimum absolute atomic E-state index is 0.0219. The molecule has 3 amide bonds. The van der Waals surface area contributed by atoms with Crippen LogP contribution in [0.2, 0.25) is 0 Å². The number of nitrogens with zero attached hydrogens (tertiary/aromatic N) is 2. The van der Waals surface area contributed by atoms with E-state index in [4.69, 9.17) is 11.2 Å². The van der Waals surface area contributed by atoms with Crippen molar-refractivity contribution >= 4 is 17.9 Å². The van der Waals surface area contributed by atoms with E-state index in [2.05, 4.69) is 16.6 Å². The lowest BCUT2D eigenvalue weighted by atomic mass is 9.93. The van der Waals surface area contributed by atoms with Crippen LogP contribution in [0.3, 0.4) is 0 Å². The molecule has 1 aliphatic rings. The predicted octanol–water partition coefficient (Wildman–Crippen LogP) is 4.35. The van der Waals surface area contributed by atoms with Crippen molar-refractivity contribution in [2.45, 2.75) is 83.0 Å². The molecule has 3 rings (SSSR count). The quantitative estimate of drug-likeness (QED) is 0.310. The molecule has 0 saturated heterocycles. The summed E-state index contributed by atoms with van der Waals surface area (Å²) in [5, 5.41) is 25.2. The number of carbonyl (C=O) groups excluding carboxylic acids is 3. The number of carbonyl (C=O) groups is 3. The lowest BCUT2D eigenvalue weighted by Crippen LogP contribution is -2.54. The molecule has 2 aromatic rings. The van der Waals surface area contributed by atoms with Gasteiger partial charge in [-0.1, -0.05) is 55.5 Å². The Morgan fingerprint density at radius 3 is 2.37 bits per heavy atom. The molecule has 3 N–H and O–H groups in total. The van der Waals surface area contributed by atoms with Crippen molar-refractivity contribution in [2.24, 2.45) is 0 Å². The second-order valence-electron chi connectivity index (χ2n) is 11.2. The number of alkyl carbamates (subject to hydrolysis) is 1. The first-order chi connectivity index (χ1) is 19.5. The fourth-order valence-corrected chi connectivity index (χ4v) is 4.94. The SMILES string of the molecule is C#Cc1ccccc1C(C(=O)NC1CCCCC1)N(CC#N)C(=O)C(Cc1ccc(O)cc1)NC(=O)OC(C)(C)C. The molecule has 9 heteroatoms. The van der Waals surface area contributed by atoms with Crippen LogP contribution in [0.25, 0.3) is 0 Å². The van der Waals surface area contributed by atoms with Gasteiger partial charge in [-0.2, -0.15) is 5.26 Å². The summed E-state index contributed by atoms with van der Waals surface area (Å²) >= 11 is 0. The maximum absolute atomic E-state index is 14.2. The predicted molar refractivity (Wildman–Crippen MR) is 154 cm³/mol. The van der Waals surface area contributed by atoms with Crippen molar-refractivity contribution in [2.75, 3.05) is 6.54 Å². The van der Waals surface area contributed by atoms with E-state index in [-0.39, 0.29) is 18.2 Å². The molecule has 1 fully saturated rings. The van der Waals surface area contributed by atoms with Gasteiger partial charge in [0.05, 0.1) is 6.07 Å². The first-order valence-corrected chi connectivity index (χ1v) is 13.8. The highest BCUT2D eigenvalue weighted by atomic mass is 16.6. The fourth-order valence-electron chi connectivity index (χ4n) is 4.94. The molecular weight excluding hydrogens is 520 g/mol. The summed E-state index contributed by atoms with van der Waals surface area (Å²) in [4.78, 5) is 42.1. The van der Waals surface area contributed by atoms with E-state index in [0.29, 0.717) is 16.7 Å². The summed E-state index contributed by atoms with van der Waals surface area (Å²) in [6.45, 7) is 4.68. The summed E-state index contributed by atoms with van der Waals surface area (Å²) in [5.74, 6) is 1.55. The van der Waals surface area contributed by atoms with Crippen LogP contribution < -0.4 is 10.6 Å². The van der Waals surface area contributed by atoms with Crippen LogP contribution in [-0.2, 0) is 20.7 Å². The van der Waals surface area contributed by atoms with Crippen LogP contribution in [-0.4, -0.2) is 52.1 Å². The maximum Gasteiger partial charge on any atom is 0.408 e. The van der Waals surface area contributed by atoms with E-state index in [0.717, 1.165) is 37.0 Å². The van der Waals surface area contributed by atoms with Crippen LogP contribution in [0, 0.1) is 23.7 Å². The summed E-state index contributed by atoms with van der Waals surface area (Å²) in [6.07, 6.45) is 9.71. The minimum Gasteiger partial charge on any atom is -0.508 e. The Labute approximate surface area is 241 Å². The Hall–Kier alpha value is -4.50. The van der Waals surface area contributed by atoms with Crippen LogP contribution in [0.15, 0.2) is 48.5 Å². The molecule has 2 aromatic carbocycles. The van der Waals surface area contributed by atoms with E-state index in [1.54, 1.807) is 57.2 Å². The highest BCUT2D eigenvalue weighted by Gasteiger charge is 2.38. The molecule has 2 atom stereocenters. The average Bonchev–Trinajstić information content (AvgIpc) is 2.93. The second-order valence-corrected chi connectivity index (χ2v) is 11.2. The monoisotopic (exact) mass is 558 g/mol. The van der Waals surface area contributed by atoms with Gasteiger partial charge in [-0.25, -0.2) is 4.79 Å². The number of amides is 3. The molecule has 0 heterocycles. The Bertz CT molecular complexity index is 1300. The third-order valence-electron chi connectivity index (χ3n) is 6.81. The zero-order valence-electron chi connectivity index (χ0n) is 23.9. The number of ether oxygens (including phenoxy) is 1. The number of rotatable bonds is 9. The molecule has 0 aliphatic heterocycles. The lowest BCUT2D eigenvalue weighted by Gasteiger charge is -2.34. The standard InChI is InChI=1S/C32H38N4O5/c1-5-23-11-9-10-14-26(23)28(29(38)34-24-12-7-6-8-13-24)36(20-19-33)30(39)27(35-31(40)41-32(2,3)4)21-22-15-17-25(37)18-16-22/h1,9-11,14-18,24,27-28,37H,6-8,12-13,20-21H2,2-4H3,(H,34,38)(H,35,40). The van der Waals surface area contributed by atoms with Gasteiger partial charge < -0.3 is 25.4 Å². The number of nitriles is 1. The number of nitrogens with one attached hydrogen (secondary N) is 2. The van der Waals surface area contributed by atoms with E-state index in [1.807, 2.05) is 6.07 Å². The lowest BCUT2D eigenvalue weighted by molar-refractivity contribution is -0.142. The minimum atomic E-state index is -1.21. The smallest absolute Gasteiger partial charge is 0.408 e. The van der Waals surface area contributed by atoms with Crippen LogP contribution >= 0.6 is 0 Å². The van der Waals surface area contributed by atoms with Crippen LogP contribution in [0.4, 0.5) is 4.79 Å². The van der Waals surface area contributed by atoms with Crippen LogP contribution in [0.1, 0.15) is 75.6 Å². The van der Waals surface area contributed by atoms with E-state index in [1.165, 1.54) is 12.1 Å². The van der Waals surface area contributed by atoms with Gasteiger partial charge in [0.1, 0.15) is 30.0 Å². The van der Waals surface area contributed by atoms with Crippen molar-refractivity contribution in [3.8, 4) is 24.2 Å². The molecule has 1 aliphatic carbocycles. The highest BCUT2D eigenvalue weighted by Crippen LogP contribution is 2.27. The summed E-state index contributed by atoms with van der Waals surface area (Å²) < 4.78 is 5.41. The molecule has 216 valence electrons. The summed E-state index contributed by atoms with van der Waals surface area (Å²) in [7, 11) is 0. The number of phenols is 1. The van der Waals surface area contributed by atoms with Gasteiger partial charge in [-0.3, -0.25) is 9.59 Å². The highest BCUT2D eigenvalue weighted by molar-refractivity contribution is 5.93. The van der Waals surface area contributed by atoms with Gasteiger partial charge in [0, 0.05) is 18.0 Å². The fraction of sp³-hybridized carbons (Fsp3) is 0.438. The molecule has 9 nitrogen and oxygen atoms in total. The molecule has 0 radical (unpaired) electrons. The molecule has 0 spiro atoms. The number of terminal acetylenes is 1. The Morgan fingerprint density at radius 1 is 1.10 bits per heavy atom. The van der Waals surface area contributed by atoms with E-state index >= 15 is 0 Å². The first kappa shape index (κ1) is 31.0. The van der Waals surface area contributed by atoms with Gasteiger partial charge in [0.2, 0.25) is 11.8 Å². The van der Waals surface area contributed by atoms with Crippen molar-refractivity contribution in [3.63, 3.8) is 0 Å². The number of hydrogen-bond acceptors (Lipinski definition) is 6. The van der Waals surface area contributed by atoms with E-state index < -0.39 is 42.1 Å². The van der Waals surface area contributed by atoms with Gasteiger partial charge >= 0.3 is 6.09 Å². The largest absolute Gasteiger partial charge is 0.508 e. The molecule has 2 unspecified atom stereocenters. The van der Waals surface area contributed by atoms with Crippen LogP contribution in [0.5, 0.6) is 5.75 Å². The summed E-state index contributed by atoms with van der Waals surface area (Å²) in [6, 6.07) is 12.6. The average molecular weight is 559 g/mol. The number of benzene rings is 2. The number of aromatic hydroxyl groups is 1. The normalized spacial score (nSPS) is 15.0. The van der Waals surface area contributed by atoms with Gasteiger partial charge in [-0.15, -0.1) is 6.42 Å². The van der Waals surface area contributed by atoms with E-state index in [9.17, 15) is 24.8 Å². The maximum atomic E-state index is 14.2.